The zero-order valence-corrected chi connectivity index (χ0v) is 26.2. The van der Waals surface area contributed by atoms with Crippen molar-refractivity contribution in [3.63, 3.8) is 0 Å². The summed E-state index contributed by atoms with van der Waals surface area (Å²) in [7, 11) is 1.46. The molecular formula is C33H37N5O8. The van der Waals surface area contributed by atoms with E-state index in [9.17, 15) is 24.3 Å². The fourth-order valence-electron chi connectivity index (χ4n) is 5.24. The number of aliphatic hydroxyl groups is 1. The second-order valence-corrected chi connectivity index (χ2v) is 12.0. The zero-order chi connectivity index (χ0) is 33.0. The standard InChI is InChI=1S/C33H37N5O8/c1-33(2,3)46-25(40)18-21(28(41)31-35-20-12-8-13-22(44-4)29(20)45-31)34-30(42)26-27(32(43)38-17-9-14-23(38)36-26)37-24(39)16-15-19-10-6-5-7-11-19/h5-8,10-13,21,28,41H,9,14-18H2,1-4H3,(H,34,42)(H,37,39)/t21-,28?/m0/s1. The molecule has 0 bridgehead atoms. The normalized spacial score (nSPS) is 13.9. The summed E-state index contributed by atoms with van der Waals surface area (Å²) >= 11 is 0. The molecular weight excluding hydrogens is 594 g/mol. The molecule has 3 heterocycles. The molecule has 2 atom stereocenters. The van der Waals surface area contributed by atoms with Crippen molar-refractivity contribution < 1.29 is 33.4 Å². The van der Waals surface area contributed by atoms with Crippen molar-refractivity contribution in [3.8, 4) is 5.75 Å². The number of oxazole rings is 1. The van der Waals surface area contributed by atoms with E-state index < -0.39 is 47.5 Å². The molecule has 0 radical (unpaired) electrons. The van der Waals surface area contributed by atoms with Gasteiger partial charge < -0.3 is 29.6 Å². The molecule has 1 aliphatic heterocycles. The first kappa shape index (κ1) is 32.4. The number of hydrogen-bond acceptors (Lipinski definition) is 10. The van der Waals surface area contributed by atoms with Gasteiger partial charge in [-0.15, -0.1) is 0 Å². The summed E-state index contributed by atoms with van der Waals surface area (Å²) < 4.78 is 18.0. The lowest BCUT2D eigenvalue weighted by Gasteiger charge is -2.25. The van der Waals surface area contributed by atoms with Crippen molar-refractivity contribution in [3.05, 3.63) is 81.9 Å². The van der Waals surface area contributed by atoms with Crippen LogP contribution in [0.4, 0.5) is 5.69 Å². The largest absolute Gasteiger partial charge is 0.493 e. The van der Waals surface area contributed by atoms with Crippen molar-refractivity contribution >= 4 is 34.6 Å². The van der Waals surface area contributed by atoms with Crippen LogP contribution in [0.3, 0.4) is 0 Å². The number of ether oxygens (including phenoxy) is 2. The van der Waals surface area contributed by atoms with E-state index in [1.54, 1.807) is 39.0 Å². The number of esters is 1. The van der Waals surface area contributed by atoms with Crippen molar-refractivity contribution in [1.82, 2.24) is 19.9 Å². The zero-order valence-electron chi connectivity index (χ0n) is 26.2. The molecule has 2 amide bonds. The van der Waals surface area contributed by atoms with Gasteiger partial charge in [0.05, 0.1) is 19.6 Å². The molecule has 0 saturated heterocycles. The molecule has 13 heteroatoms. The average Bonchev–Trinajstić information content (AvgIpc) is 3.68. The Labute approximate surface area is 264 Å². The second-order valence-electron chi connectivity index (χ2n) is 12.0. The number of nitrogens with zero attached hydrogens (tertiary/aromatic N) is 3. The molecule has 0 aliphatic carbocycles. The van der Waals surface area contributed by atoms with Crippen LogP contribution in [0.2, 0.25) is 0 Å². The highest BCUT2D eigenvalue weighted by Gasteiger charge is 2.34. The first-order valence-corrected chi connectivity index (χ1v) is 15.0. The average molecular weight is 632 g/mol. The van der Waals surface area contributed by atoms with Crippen molar-refractivity contribution in [1.29, 1.82) is 0 Å². The van der Waals surface area contributed by atoms with Gasteiger partial charge in [-0.3, -0.25) is 23.7 Å². The number of para-hydroxylation sites is 1. The van der Waals surface area contributed by atoms with Gasteiger partial charge in [-0.05, 0) is 51.3 Å². The predicted octanol–water partition coefficient (Wildman–Crippen LogP) is 3.47. The molecule has 1 unspecified atom stereocenters. The van der Waals surface area contributed by atoms with Crippen LogP contribution in [0.1, 0.15) is 73.9 Å². The Kier molecular flexibility index (Phi) is 9.52. The van der Waals surface area contributed by atoms with E-state index in [2.05, 4.69) is 20.6 Å². The lowest BCUT2D eigenvalue weighted by Crippen LogP contribution is -2.43. The number of methoxy groups -OCH3 is 1. The third-order valence-corrected chi connectivity index (χ3v) is 7.37. The molecule has 1 aliphatic rings. The van der Waals surface area contributed by atoms with Crippen LogP contribution < -0.4 is 20.9 Å². The van der Waals surface area contributed by atoms with E-state index in [0.717, 1.165) is 5.56 Å². The Morgan fingerprint density at radius 1 is 1.09 bits per heavy atom. The topological polar surface area (TPSA) is 175 Å². The van der Waals surface area contributed by atoms with Gasteiger partial charge in [0.2, 0.25) is 11.8 Å². The highest BCUT2D eigenvalue weighted by Crippen LogP contribution is 2.30. The predicted molar refractivity (Wildman–Crippen MR) is 167 cm³/mol. The van der Waals surface area contributed by atoms with Gasteiger partial charge in [0.15, 0.2) is 23.1 Å². The maximum absolute atomic E-state index is 13.9. The summed E-state index contributed by atoms with van der Waals surface area (Å²) in [4.78, 5) is 62.1. The van der Waals surface area contributed by atoms with Gasteiger partial charge in [0.25, 0.3) is 11.5 Å². The summed E-state index contributed by atoms with van der Waals surface area (Å²) in [6.07, 6.45) is -0.487. The van der Waals surface area contributed by atoms with Gasteiger partial charge in [-0.2, -0.15) is 0 Å². The van der Waals surface area contributed by atoms with Crippen LogP contribution >= 0.6 is 0 Å². The van der Waals surface area contributed by atoms with Crippen molar-refractivity contribution in [2.45, 2.75) is 77.2 Å². The number of anilines is 1. The van der Waals surface area contributed by atoms with Gasteiger partial charge in [-0.1, -0.05) is 36.4 Å². The molecule has 4 aromatic rings. The van der Waals surface area contributed by atoms with Gasteiger partial charge in [-0.25, -0.2) is 9.97 Å². The number of rotatable bonds is 11. The highest BCUT2D eigenvalue weighted by atomic mass is 16.6. The number of hydrogen-bond donors (Lipinski definition) is 3. The Bertz CT molecular complexity index is 1810. The van der Waals surface area contributed by atoms with E-state index in [1.165, 1.54) is 11.7 Å². The van der Waals surface area contributed by atoms with Gasteiger partial charge >= 0.3 is 5.97 Å². The number of benzene rings is 2. The highest BCUT2D eigenvalue weighted by molar-refractivity contribution is 6.02. The summed E-state index contributed by atoms with van der Waals surface area (Å²) in [5, 5.41) is 16.6. The minimum Gasteiger partial charge on any atom is -0.493 e. The minimum absolute atomic E-state index is 0.0629. The molecule has 3 N–H and O–H groups in total. The number of fused-ring (bicyclic) bond motifs is 2. The van der Waals surface area contributed by atoms with E-state index in [-0.39, 0.29) is 29.3 Å². The smallest absolute Gasteiger partial charge is 0.308 e. The molecule has 46 heavy (non-hydrogen) atoms. The Morgan fingerprint density at radius 3 is 2.57 bits per heavy atom. The number of aromatic nitrogens is 3. The van der Waals surface area contributed by atoms with Crippen LogP contribution in [0.15, 0.2) is 57.7 Å². The van der Waals surface area contributed by atoms with Crippen molar-refractivity contribution in [2.24, 2.45) is 0 Å². The van der Waals surface area contributed by atoms with Crippen LogP contribution in [-0.2, 0) is 33.7 Å². The van der Waals surface area contributed by atoms with E-state index in [1.807, 2.05) is 30.3 Å². The summed E-state index contributed by atoms with van der Waals surface area (Å²) in [6, 6.07) is 13.1. The Hall–Kier alpha value is -5.04. The Morgan fingerprint density at radius 2 is 1.85 bits per heavy atom. The lowest BCUT2D eigenvalue weighted by molar-refractivity contribution is -0.156. The van der Waals surface area contributed by atoms with Crippen LogP contribution in [0.5, 0.6) is 5.75 Å². The number of aliphatic hydroxyl groups excluding tert-OH is 1. The third-order valence-electron chi connectivity index (χ3n) is 7.37. The fraction of sp³-hybridized carbons (Fsp3) is 0.394. The molecule has 0 fully saturated rings. The molecule has 5 rings (SSSR count). The first-order chi connectivity index (χ1) is 21.9. The number of carbonyl (C=O) groups excluding carboxylic acids is 3. The maximum Gasteiger partial charge on any atom is 0.308 e. The minimum atomic E-state index is -1.62. The molecule has 242 valence electrons. The summed E-state index contributed by atoms with van der Waals surface area (Å²) in [6.45, 7) is 5.47. The molecule has 2 aromatic heterocycles. The van der Waals surface area contributed by atoms with Crippen LogP contribution in [-0.4, -0.2) is 56.2 Å². The summed E-state index contributed by atoms with van der Waals surface area (Å²) in [5.41, 5.74) is -0.397. The van der Waals surface area contributed by atoms with E-state index >= 15 is 0 Å². The number of nitrogens with one attached hydrogen (secondary N) is 2. The van der Waals surface area contributed by atoms with Crippen molar-refractivity contribution in [2.75, 3.05) is 12.4 Å². The first-order valence-electron chi connectivity index (χ1n) is 15.0. The monoisotopic (exact) mass is 631 g/mol. The molecule has 0 spiro atoms. The van der Waals surface area contributed by atoms with E-state index in [4.69, 9.17) is 13.9 Å². The quantitative estimate of drug-likeness (QED) is 0.208. The number of aryl methyl sites for hydroxylation is 2. The molecule has 0 saturated carbocycles. The van der Waals surface area contributed by atoms with E-state index in [0.29, 0.717) is 42.9 Å². The fourth-order valence-corrected chi connectivity index (χ4v) is 5.24. The number of amides is 2. The maximum atomic E-state index is 13.9. The van der Waals surface area contributed by atoms with Crippen LogP contribution in [0.25, 0.3) is 11.1 Å². The summed E-state index contributed by atoms with van der Waals surface area (Å²) in [5.74, 6) is -1.46. The molecule has 13 nitrogen and oxygen atoms in total. The lowest BCUT2D eigenvalue weighted by atomic mass is 10.1. The van der Waals surface area contributed by atoms with Gasteiger partial charge in [0, 0.05) is 19.4 Å². The molecule has 2 aromatic carbocycles. The van der Waals surface area contributed by atoms with Gasteiger partial charge in [0.1, 0.15) is 22.6 Å². The number of carbonyl (C=O) groups is 3. The SMILES string of the molecule is COc1cccc2nc(C(O)[C@H](CC(=O)OC(C)(C)C)NC(=O)c3nc4n(c(=O)c3NC(=O)CCc3ccccc3)CCC4)oc12. The van der Waals surface area contributed by atoms with Crippen LogP contribution in [0, 0.1) is 0 Å². The third kappa shape index (κ3) is 7.42. The Balaban J connectivity index is 1.45. The second kappa shape index (κ2) is 13.5.